The van der Waals surface area contributed by atoms with Crippen molar-refractivity contribution in [3.63, 3.8) is 0 Å². The predicted molar refractivity (Wildman–Crippen MR) is 139 cm³/mol. The van der Waals surface area contributed by atoms with E-state index in [1.165, 1.54) is 15.9 Å². The van der Waals surface area contributed by atoms with Gasteiger partial charge in [0.2, 0.25) is 16.6 Å². The highest BCUT2D eigenvalue weighted by Crippen LogP contribution is 2.26. The maximum atomic E-state index is 13.0. The van der Waals surface area contributed by atoms with Gasteiger partial charge in [0, 0.05) is 16.1 Å². The minimum Gasteiger partial charge on any atom is -0.266 e. The topological polar surface area (TPSA) is 73.0 Å². The Morgan fingerprint density at radius 3 is 1.94 bits per heavy atom. The first kappa shape index (κ1) is 21.3. The minimum absolute atomic E-state index is 0.258. The fourth-order valence-electron chi connectivity index (χ4n) is 3.72. The summed E-state index contributed by atoms with van der Waals surface area (Å²) in [6.07, 6.45) is 1.76. The van der Waals surface area contributed by atoms with Gasteiger partial charge in [-0.2, -0.15) is 9.50 Å². The smallest absolute Gasteiger partial charge is 0.266 e. The van der Waals surface area contributed by atoms with Crippen molar-refractivity contribution in [2.24, 2.45) is 0 Å². The van der Waals surface area contributed by atoms with Gasteiger partial charge in [-0.25, -0.2) is 9.97 Å². The van der Waals surface area contributed by atoms with Crippen LogP contribution >= 0.6 is 22.9 Å². The van der Waals surface area contributed by atoms with Crippen molar-refractivity contribution < 1.29 is 0 Å². The summed E-state index contributed by atoms with van der Waals surface area (Å²) in [5, 5.41) is 5.04. The number of rotatable bonds is 4. The molecule has 8 heteroatoms. The Morgan fingerprint density at radius 2 is 1.34 bits per heavy atom. The number of benzene rings is 3. The van der Waals surface area contributed by atoms with Crippen LogP contribution < -0.4 is 10.1 Å². The van der Waals surface area contributed by atoms with Crippen LogP contribution in [0, 0.1) is 0 Å². The number of hydrogen-bond acceptors (Lipinski definition) is 6. The van der Waals surface area contributed by atoms with Gasteiger partial charge in [0.1, 0.15) is 0 Å². The molecule has 0 N–H and O–H groups in total. The summed E-state index contributed by atoms with van der Waals surface area (Å²) >= 11 is 7.50. The molecule has 6 aromatic rings. The zero-order valence-electron chi connectivity index (χ0n) is 18.2. The molecule has 0 fully saturated rings. The molecule has 6 nitrogen and oxygen atoms in total. The first-order valence-electron chi connectivity index (χ1n) is 10.8. The van der Waals surface area contributed by atoms with Crippen LogP contribution in [0.5, 0.6) is 0 Å². The third-order valence-electron chi connectivity index (χ3n) is 5.44. The first-order valence-corrected chi connectivity index (χ1v) is 12.0. The number of fused-ring (bicyclic) bond motifs is 1. The average Bonchev–Trinajstić information content (AvgIpc) is 3.45. The van der Waals surface area contributed by atoms with Gasteiger partial charge < -0.3 is 0 Å². The average molecular weight is 494 g/mol. The predicted octanol–water partition coefficient (Wildman–Crippen LogP) is 5.14. The number of thiazole rings is 1. The summed E-state index contributed by atoms with van der Waals surface area (Å²) in [5.74, 6) is 0.657. The lowest BCUT2D eigenvalue weighted by molar-refractivity contribution is 0.928. The molecule has 0 unspecified atom stereocenters. The van der Waals surface area contributed by atoms with Crippen LogP contribution in [0.25, 0.3) is 45.2 Å². The van der Waals surface area contributed by atoms with E-state index >= 15 is 0 Å². The van der Waals surface area contributed by atoms with E-state index in [-0.39, 0.29) is 5.56 Å². The van der Waals surface area contributed by atoms with Crippen LogP contribution in [-0.4, -0.2) is 24.6 Å². The zero-order chi connectivity index (χ0) is 23.8. The number of nitrogens with zero attached hydrogens (tertiary/aromatic N) is 5. The second kappa shape index (κ2) is 8.87. The van der Waals surface area contributed by atoms with Crippen molar-refractivity contribution in [1.82, 2.24) is 24.6 Å². The van der Waals surface area contributed by atoms with E-state index in [2.05, 4.69) is 10.1 Å². The van der Waals surface area contributed by atoms with Crippen LogP contribution in [0.2, 0.25) is 5.02 Å². The van der Waals surface area contributed by atoms with E-state index in [9.17, 15) is 4.79 Å². The van der Waals surface area contributed by atoms with Gasteiger partial charge in [-0.3, -0.25) is 4.79 Å². The maximum absolute atomic E-state index is 13.0. The molecule has 6 rings (SSSR count). The molecule has 0 aliphatic heterocycles. The third-order valence-corrected chi connectivity index (χ3v) is 6.74. The lowest BCUT2D eigenvalue weighted by atomic mass is 10.1. The summed E-state index contributed by atoms with van der Waals surface area (Å²) < 4.78 is 1.80. The quantitative estimate of drug-likeness (QED) is 0.340. The molecule has 3 aromatic carbocycles. The van der Waals surface area contributed by atoms with E-state index in [1.807, 2.05) is 84.9 Å². The normalized spacial score (nSPS) is 11.9. The fraction of sp³-hybridized carbons (Fsp3) is 0. The molecule has 0 aliphatic rings. The molecular formula is C27H16ClN5OS. The van der Waals surface area contributed by atoms with Crippen molar-refractivity contribution in [1.29, 1.82) is 0 Å². The summed E-state index contributed by atoms with van der Waals surface area (Å²) in [7, 11) is 0. The van der Waals surface area contributed by atoms with E-state index < -0.39 is 0 Å². The van der Waals surface area contributed by atoms with E-state index in [1.54, 1.807) is 12.1 Å². The van der Waals surface area contributed by atoms with Crippen LogP contribution in [-0.2, 0) is 0 Å². The minimum atomic E-state index is -0.258. The van der Waals surface area contributed by atoms with Gasteiger partial charge in [-0.05, 0) is 23.8 Å². The molecule has 0 radical (unpaired) electrons. The molecule has 3 heterocycles. The van der Waals surface area contributed by atoms with Crippen LogP contribution in [0.1, 0.15) is 5.56 Å². The van der Waals surface area contributed by atoms with Crippen molar-refractivity contribution in [2.75, 3.05) is 0 Å². The molecule has 0 atom stereocenters. The highest BCUT2D eigenvalue weighted by atomic mass is 35.5. The monoisotopic (exact) mass is 493 g/mol. The number of aromatic nitrogens is 5. The third kappa shape index (κ3) is 4.12. The lowest BCUT2D eigenvalue weighted by Gasteiger charge is -2.07. The Balaban J connectivity index is 1.49. The molecule has 0 saturated heterocycles. The van der Waals surface area contributed by atoms with Gasteiger partial charge in [0.25, 0.3) is 5.56 Å². The summed E-state index contributed by atoms with van der Waals surface area (Å²) in [4.78, 5) is 27.5. The first-order chi connectivity index (χ1) is 17.2. The Hall–Kier alpha value is -4.20. The number of halogens is 1. The second-order valence-corrected chi connectivity index (χ2v) is 9.18. The largest absolute Gasteiger partial charge is 0.291 e. The summed E-state index contributed by atoms with van der Waals surface area (Å²) in [6, 6.07) is 29.1. The second-order valence-electron chi connectivity index (χ2n) is 7.76. The van der Waals surface area contributed by atoms with Crippen LogP contribution in [0.4, 0.5) is 0 Å². The van der Waals surface area contributed by atoms with Gasteiger partial charge in [0.15, 0.2) is 0 Å². The lowest BCUT2D eigenvalue weighted by Crippen LogP contribution is -2.23. The van der Waals surface area contributed by atoms with Gasteiger partial charge >= 0.3 is 0 Å². The van der Waals surface area contributed by atoms with Gasteiger partial charge in [0.05, 0.1) is 15.9 Å². The molecule has 0 saturated carbocycles. The van der Waals surface area contributed by atoms with Crippen LogP contribution in [0.3, 0.4) is 0 Å². The summed E-state index contributed by atoms with van der Waals surface area (Å²) in [6.45, 7) is 0. The Kier molecular flexibility index (Phi) is 5.41. The Bertz CT molecular complexity index is 1720. The van der Waals surface area contributed by atoms with Crippen molar-refractivity contribution >= 4 is 34.0 Å². The molecule has 0 amide bonds. The molecular weight excluding hydrogens is 478 g/mol. The molecule has 35 heavy (non-hydrogen) atoms. The molecule has 168 valence electrons. The standard InChI is InChI=1S/C27H16ClN5OS/c28-20-14-8-7-13-19(20)15-23-26(34)33-27(35-23)31-25(32-33)24-29-21(17-9-3-1-4-10-17)16-22(30-24)18-11-5-2-6-12-18/h1-16H/b23-15-. The Labute approximate surface area is 208 Å². The molecule has 0 spiro atoms. The van der Waals surface area contributed by atoms with Crippen molar-refractivity contribution in [3.8, 4) is 34.2 Å². The Morgan fingerprint density at radius 1 is 0.743 bits per heavy atom. The van der Waals surface area contributed by atoms with Gasteiger partial charge in [-0.1, -0.05) is 102 Å². The molecule has 0 aliphatic carbocycles. The number of hydrogen-bond donors (Lipinski definition) is 0. The molecule has 0 bridgehead atoms. The van der Waals surface area contributed by atoms with Crippen LogP contribution in [0.15, 0.2) is 95.8 Å². The zero-order valence-corrected chi connectivity index (χ0v) is 19.7. The summed E-state index contributed by atoms with van der Waals surface area (Å²) in [5.41, 5.74) is 3.92. The van der Waals surface area contributed by atoms with E-state index in [0.29, 0.717) is 26.2 Å². The van der Waals surface area contributed by atoms with E-state index in [0.717, 1.165) is 28.1 Å². The SMILES string of the molecule is O=c1/c(=C/c2ccccc2Cl)sc2nc(-c3nc(-c4ccccc4)cc(-c4ccccc4)n3)nn12. The van der Waals surface area contributed by atoms with Crippen molar-refractivity contribution in [2.45, 2.75) is 0 Å². The highest BCUT2D eigenvalue weighted by molar-refractivity contribution is 7.15. The maximum Gasteiger partial charge on any atom is 0.291 e. The van der Waals surface area contributed by atoms with Crippen molar-refractivity contribution in [3.05, 3.63) is 116 Å². The fourth-order valence-corrected chi connectivity index (χ4v) is 4.81. The molecule has 3 aromatic heterocycles. The highest BCUT2D eigenvalue weighted by Gasteiger charge is 2.17. The van der Waals surface area contributed by atoms with E-state index in [4.69, 9.17) is 21.6 Å². The van der Waals surface area contributed by atoms with Gasteiger partial charge in [-0.15, -0.1) is 5.10 Å².